The van der Waals surface area contributed by atoms with Crippen LogP contribution >= 0.6 is 0 Å². The zero-order valence-corrected chi connectivity index (χ0v) is 5.77. The first-order chi connectivity index (χ1) is 4.92. The monoisotopic (exact) mass is 139 g/mol. The Morgan fingerprint density at radius 2 is 2.50 bits per heavy atom. The van der Waals surface area contributed by atoms with Gasteiger partial charge < -0.3 is 10.1 Å². The minimum Gasteiger partial charge on any atom is -0.371 e. The quantitative estimate of drug-likeness (QED) is 0.595. The Kier molecular flexibility index (Phi) is 1.14. The molecule has 1 aromatic heterocycles. The van der Waals surface area contributed by atoms with E-state index in [1.165, 1.54) is 5.56 Å². The van der Waals surface area contributed by atoms with Crippen LogP contribution < -0.4 is 5.32 Å². The van der Waals surface area contributed by atoms with Gasteiger partial charge in [0.2, 0.25) is 0 Å². The maximum atomic E-state index is 5.19. The lowest BCUT2D eigenvalue weighted by molar-refractivity contribution is 0.132. The predicted molar refractivity (Wildman–Crippen MR) is 36.6 cm³/mol. The summed E-state index contributed by atoms with van der Waals surface area (Å²) in [6.07, 6.45) is 0. The van der Waals surface area contributed by atoms with Crippen LogP contribution in [-0.4, -0.2) is 17.2 Å². The Labute approximate surface area is 58.6 Å². The predicted octanol–water partition coefficient (Wildman–Crippen LogP) is 0.482. The Balaban J connectivity index is 2.44. The molecule has 0 radical (unpaired) electrons. The Morgan fingerprint density at radius 1 is 1.60 bits per heavy atom. The SMILES string of the molecule is CNc1n[nH]c2c1COC2. The van der Waals surface area contributed by atoms with Gasteiger partial charge in [-0.1, -0.05) is 0 Å². The van der Waals surface area contributed by atoms with Crippen molar-refractivity contribution in [1.29, 1.82) is 0 Å². The van der Waals surface area contributed by atoms with E-state index in [9.17, 15) is 0 Å². The zero-order chi connectivity index (χ0) is 6.97. The summed E-state index contributed by atoms with van der Waals surface area (Å²) in [6, 6.07) is 0. The molecule has 1 aliphatic heterocycles. The molecule has 4 nitrogen and oxygen atoms in total. The topological polar surface area (TPSA) is 49.9 Å². The van der Waals surface area contributed by atoms with Gasteiger partial charge in [-0.25, -0.2) is 0 Å². The normalized spacial score (nSPS) is 15.3. The zero-order valence-electron chi connectivity index (χ0n) is 5.77. The second-order valence-corrected chi connectivity index (χ2v) is 2.27. The van der Waals surface area contributed by atoms with Gasteiger partial charge in [-0.2, -0.15) is 5.10 Å². The van der Waals surface area contributed by atoms with Gasteiger partial charge >= 0.3 is 0 Å². The van der Waals surface area contributed by atoms with Gasteiger partial charge in [0.25, 0.3) is 0 Å². The Bertz CT molecular complexity index is 243. The first kappa shape index (κ1) is 5.73. The number of fused-ring (bicyclic) bond motifs is 1. The average molecular weight is 139 g/mol. The number of nitrogens with one attached hydrogen (secondary N) is 2. The molecule has 0 fully saturated rings. The fourth-order valence-corrected chi connectivity index (χ4v) is 1.14. The largest absolute Gasteiger partial charge is 0.371 e. The van der Waals surface area contributed by atoms with E-state index in [-0.39, 0.29) is 0 Å². The van der Waals surface area contributed by atoms with Gasteiger partial charge in [-0.3, -0.25) is 5.10 Å². The van der Waals surface area contributed by atoms with Crippen LogP contribution in [-0.2, 0) is 18.0 Å². The molecule has 4 heteroatoms. The summed E-state index contributed by atoms with van der Waals surface area (Å²) in [5.74, 6) is 0.910. The summed E-state index contributed by atoms with van der Waals surface area (Å²) in [7, 11) is 1.86. The van der Waals surface area contributed by atoms with Crippen molar-refractivity contribution >= 4 is 5.82 Å². The summed E-state index contributed by atoms with van der Waals surface area (Å²) < 4.78 is 5.19. The fourth-order valence-electron chi connectivity index (χ4n) is 1.14. The molecule has 0 unspecified atom stereocenters. The summed E-state index contributed by atoms with van der Waals surface area (Å²) in [6.45, 7) is 1.35. The number of H-pyrrole nitrogens is 1. The van der Waals surface area contributed by atoms with E-state index in [1.54, 1.807) is 0 Å². The van der Waals surface area contributed by atoms with Crippen molar-refractivity contribution in [3.05, 3.63) is 11.3 Å². The Morgan fingerprint density at radius 3 is 3.30 bits per heavy atom. The molecular weight excluding hydrogens is 130 g/mol. The van der Waals surface area contributed by atoms with Crippen LogP contribution in [0, 0.1) is 0 Å². The van der Waals surface area contributed by atoms with Gasteiger partial charge in [0.05, 0.1) is 18.9 Å². The van der Waals surface area contributed by atoms with Crippen molar-refractivity contribution in [3.63, 3.8) is 0 Å². The number of ether oxygens (including phenoxy) is 1. The lowest BCUT2D eigenvalue weighted by Crippen LogP contribution is -1.92. The van der Waals surface area contributed by atoms with Crippen LogP contribution in [0.2, 0.25) is 0 Å². The Hall–Kier alpha value is -1.03. The summed E-state index contributed by atoms with van der Waals surface area (Å²) in [4.78, 5) is 0. The molecular formula is C6H9N3O. The van der Waals surface area contributed by atoms with Gasteiger partial charge in [0.15, 0.2) is 5.82 Å². The van der Waals surface area contributed by atoms with Gasteiger partial charge in [-0.05, 0) is 0 Å². The molecule has 0 saturated carbocycles. The van der Waals surface area contributed by atoms with Crippen molar-refractivity contribution in [2.24, 2.45) is 0 Å². The minimum atomic E-state index is 0.671. The molecule has 2 N–H and O–H groups in total. The third kappa shape index (κ3) is 0.623. The highest BCUT2D eigenvalue weighted by Gasteiger charge is 2.17. The number of aromatic amines is 1. The van der Waals surface area contributed by atoms with Crippen molar-refractivity contribution in [2.75, 3.05) is 12.4 Å². The first-order valence-electron chi connectivity index (χ1n) is 3.23. The second kappa shape index (κ2) is 1.98. The van der Waals surface area contributed by atoms with E-state index < -0.39 is 0 Å². The van der Waals surface area contributed by atoms with Crippen molar-refractivity contribution in [1.82, 2.24) is 10.2 Å². The third-order valence-electron chi connectivity index (χ3n) is 1.68. The second-order valence-electron chi connectivity index (χ2n) is 2.27. The molecule has 10 heavy (non-hydrogen) atoms. The highest BCUT2D eigenvalue weighted by atomic mass is 16.5. The number of aromatic nitrogens is 2. The van der Waals surface area contributed by atoms with Gasteiger partial charge in [-0.15, -0.1) is 0 Å². The van der Waals surface area contributed by atoms with Gasteiger partial charge in [0, 0.05) is 12.6 Å². The highest BCUT2D eigenvalue weighted by Crippen LogP contribution is 2.23. The maximum absolute atomic E-state index is 5.19. The van der Waals surface area contributed by atoms with E-state index in [1.807, 2.05) is 7.05 Å². The number of rotatable bonds is 1. The fraction of sp³-hybridized carbons (Fsp3) is 0.500. The summed E-state index contributed by atoms with van der Waals surface area (Å²) >= 11 is 0. The standard InChI is InChI=1S/C6H9N3O/c1-7-6-4-2-10-3-5(4)8-9-6/h2-3H2,1H3,(H2,7,8,9). The molecule has 0 atom stereocenters. The van der Waals surface area contributed by atoms with Crippen LogP contribution in [0.4, 0.5) is 5.82 Å². The van der Waals surface area contributed by atoms with Crippen molar-refractivity contribution < 1.29 is 4.74 Å². The van der Waals surface area contributed by atoms with Gasteiger partial charge in [0.1, 0.15) is 0 Å². The lowest BCUT2D eigenvalue weighted by atomic mass is 10.3. The molecule has 0 saturated heterocycles. The molecule has 1 aliphatic rings. The average Bonchev–Trinajstić information content (AvgIpc) is 2.44. The molecule has 54 valence electrons. The van der Waals surface area contributed by atoms with Crippen molar-refractivity contribution in [2.45, 2.75) is 13.2 Å². The summed E-state index contributed by atoms with van der Waals surface area (Å²) in [5, 5.41) is 9.92. The number of hydrogen-bond donors (Lipinski definition) is 2. The molecule has 1 aromatic rings. The number of nitrogens with zero attached hydrogens (tertiary/aromatic N) is 1. The van der Waals surface area contributed by atoms with E-state index >= 15 is 0 Å². The molecule has 0 aromatic carbocycles. The number of anilines is 1. The van der Waals surface area contributed by atoms with Crippen LogP contribution in [0.1, 0.15) is 11.3 Å². The lowest BCUT2D eigenvalue weighted by Gasteiger charge is -1.93. The highest BCUT2D eigenvalue weighted by molar-refractivity contribution is 5.46. The molecule has 2 heterocycles. The van der Waals surface area contributed by atoms with E-state index in [0.717, 1.165) is 11.5 Å². The van der Waals surface area contributed by atoms with Crippen LogP contribution in [0.5, 0.6) is 0 Å². The third-order valence-corrected chi connectivity index (χ3v) is 1.68. The summed E-state index contributed by atoms with van der Waals surface area (Å²) in [5.41, 5.74) is 2.27. The van der Waals surface area contributed by atoms with Crippen LogP contribution in [0.3, 0.4) is 0 Å². The molecule has 0 aliphatic carbocycles. The minimum absolute atomic E-state index is 0.671. The van der Waals surface area contributed by atoms with E-state index in [4.69, 9.17) is 4.74 Å². The molecule has 0 bridgehead atoms. The molecule has 2 rings (SSSR count). The van der Waals surface area contributed by atoms with E-state index in [2.05, 4.69) is 15.5 Å². The van der Waals surface area contributed by atoms with Crippen LogP contribution in [0.15, 0.2) is 0 Å². The molecule has 0 amide bonds. The molecule has 0 spiro atoms. The maximum Gasteiger partial charge on any atom is 0.153 e. The van der Waals surface area contributed by atoms with Crippen LogP contribution in [0.25, 0.3) is 0 Å². The number of hydrogen-bond acceptors (Lipinski definition) is 3. The van der Waals surface area contributed by atoms with Crippen molar-refractivity contribution in [3.8, 4) is 0 Å². The first-order valence-corrected chi connectivity index (χ1v) is 3.23. The van der Waals surface area contributed by atoms with E-state index in [0.29, 0.717) is 13.2 Å². The smallest absolute Gasteiger partial charge is 0.153 e.